The quantitative estimate of drug-likeness (QED) is 0.587. The fraction of sp³-hybridized carbons (Fsp3) is 0.500. The number of nitrogens with one attached hydrogen (secondary N) is 1. The number of nitrogens with zero attached hydrogens (tertiary/aromatic N) is 1. The van der Waals surface area contributed by atoms with Gasteiger partial charge in [-0.05, 0) is 25.6 Å². The van der Waals surface area contributed by atoms with Gasteiger partial charge in [0.1, 0.15) is 5.75 Å². The lowest BCUT2D eigenvalue weighted by molar-refractivity contribution is -0.385. The van der Waals surface area contributed by atoms with E-state index in [1.807, 2.05) is 0 Å². The molecule has 1 rings (SSSR count). The molecule has 0 aliphatic rings. The van der Waals surface area contributed by atoms with Crippen LogP contribution in [0.2, 0.25) is 0 Å². The molecule has 0 spiro atoms. The Kier molecular flexibility index (Phi) is 5.54. The van der Waals surface area contributed by atoms with Crippen LogP contribution >= 0.6 is 0 Å². The van der Waals surface area contributed by atoms with Gasteiger partial charge in [0.15, 0.2) is 0 Å². The first-order valence-corrected chi connectivity index (χ1v) is 5.59. The van der Waals surface area contributed by atoms with E-state index in [0.717, 1.165) is 0 Å². The Morgan fingerprint density at radius 1 is 1.44 bits per heavy atom. The summed E-state index contributed by atoms with van der Waals surface area (Å²) in [6.07, 6.45) is 0.512. The zero-order valence-electron chi connectivity index (χ0n) is 10.8. The number of rotatable bonds is 7. The third-order valence-electron chi connectivity index (χ3n) is 2.73. The van der Waals surface area contributed by atoms with Gasteiger partial charge in [0.25, 0.3) is 5.69 Å². The molecule has 0 radical (unpaired) electrons. The molecule has 0 saturated heterocycles. The minimum atomic E-state index is -0.381. The van der Waals surface area contributed by atoms with Crippen LogP contribution < -0.4 is 10.1 Å². The van der Waals surface area contributed by atoms with Crippen LogP contribution in [-0.4, -0.2) is 38.8 Å². The summed E-state index contributed by atoms with van der Waals surface area (Å²) in [6, 6.07) is 4.78. The Balaban J connectivity index is 2.99. The zero-order valence-corrected chi connectivity index (χ0v) is 10.8. The van der Waals surface area contributed by atoms with Gasteiger partial charge >= 0.3 is 0 Å². The van der Waals surface area contributed by atoms with Crippen molar-refractivity contribution in [2.24, 2.45) is 0 Å². The molecule has 6 heteroatoms. The molecule has 0 heterocycles. The van der Waals surface area contributed by atoms with E-state index in [2.05, 4.69) is 5.32 Å². The van der Waals surface area contributed by atoms with Crippen LogP contribution in [0.4, 0.5) is 5.69 Å². The first-order valence-electron chi connectivity index (χ1n) is 5.59. The highest BCUT2D eigenvalue weighted by molar-refractivity contribution is 5.45. The average Bonchev–Trinajstić information content (AvgIpc) is 2.37. The minimum Gasteiger partial charge on any atom is -0.497 e. The van der Waals surface area contributed by atoms with Gasteiger partial charge in [0, 0.05) is 24.8 Å². The summed E-state index contributed by atoms with van der Waals surface area (Å²) in [7, 11) is 4.94. The molecular formula is C12H18N2O4. The number of hydrogen-bond acceptors (Lipinski definition) is 5. The number of likely N-dealkylation sites (N-methyl/N-ethyl adjacent to an activating group) is 1. The van der Waals surface area contributed by atoms with Gasteiger partial charge in [-0.2, -0.15) is 0 Å². The van der Waals surface area contributed by atoms with Crippen LogP contribution in [0, 0.1) is 10.1 Å². The molecule has 0 fully saturated rings. The summed E-state index contributed by atoms with van der Waals surface area (Å²) in [6.45, 7) is 0.491. The second-order valence-electron chi connectivity index (χ2n) is 3.90. The van der Waals surface area contributed by atoms with Crippen LogP contribution in [-0.2, 0) is 11.2 Å². The van der Waals surface area contributed by atoms with Crippen molar-refractivity contribution in [2.45, 2.75) is 12.5 Å². The Hall–Kier alpha value is -1.66. The molecule has 0 aliphatic carbocycles. The van der Waals surface area contributed by atoms with E-state index in [1.165, 1.54) is 13.2 Å². The molecule has 18 heavy (non-hydrogen) atoms. The normalized spacial score (nSPS) is 12.2. The van der Waals surface area contributed by atoms with E-state index in [1.54, 1.807) is 26.3 Å². The summed E-state index contributed by atoms with van der Waals surface area (Å²) in [4.78, 5) is 10.6. The van der Waals surface area contributed by atoms with Crippen LogP contribution in [0.25, 0.3) is 0 Å². The largest absolute Gasteiger partial charge is 0.497 e. The van der Waals surface area contributed by atoms with E-state index in [-0.39, 0.29) is 16.7 Å². The lowest BCUT2D eigenvalue weighted by Gasteiger charge is -2.15. The highest BCUT2D eigenvalue weighted by atomic mass is 16.6. The van der Waals surface area contributed by atoms with Crippen LogP contribution in [0.1, 0.15) is 5.56 Å². The van der Waals surface area contributed by atoms with Crippen molar-refractivity contribution in [1.29, 1.82) is 0 Å². The van der Waals surface area contributed by atoms with Crippen LogP contribution in [0.3, 0.4) is 0 Å². The molecule has 0 bridgehead atoms. The van der Waals surface area contributed by atoms with Crippen molar-refractivity contribution in [3.63, 3.8) is 0 Å². The second kappa shape index (κ2) is 6.93. The van der Waals surface area contributed by atoms with Crippen molar-refractivity contribution in [1.82, 2.24) is 5.32 Å². The van der Waals surface area contributed by atoms with Gasteiger partial charge in [0.05, 0.1) is 18.6 Å². The number of methoxy groups -OCH3 is 2. The first-order chi connectivity index (χ1) is 8.62. The number of hydrogen-bond donors (Lipinski definition) is 1. The summed E-state index contributed by atoms with van der Waals surface area (Å²) in [5.41, 5.74) is 0.739. The van der Waals surface area contributed by atoms with Crippen molar-refractivity contribution >= 4 is 5.69 Å². The molecule has 6 nitrogen and oxygen atoms in total. The SMILES string of the molecule is CNC(COC)Cc1cc(OC)ccc1[N+](=O)[O-]. The van der Waals surface area contributed by atoms with E-state index in [0.29, 0.717) is 24.3 Å². The number of benzene rings is 1. The van der Waals surface area contributed by atoms with Gasteiger partial charge in [0.2, 0.25) is 0 Å². The van der Waals surface area contributed by atoms with Crippen LogP contribution in [0.15, 0.2) is 18.2 Å². The standard InChI is InChI=1S/C12H18N2O4/c1-13-10(8-17-2)6-9-7-11(18-3)4-5-12(9)14(15)16/h4-5,7,10,13H,6,8H2,1-3H3. The molecule has 0 saturated carbocycles. The highest BCUT2D eigenvalue weighted by Crippen LogP contribution is 2.25. The summed E-state index contributed by atoms with van der Waals surface area (Å²) < 4.78 is 10.2. The fourth-order valence-corrected chi connectivity index (χ4v) is 1.74. The van der Waals surface area contributed by atoms with E-state index < -0.39 is 0 Å². The number of ether oxygens (including phenoxy) is 2. The summed E-state index contributed by atoms with van der Waals surface area (Å²) >= 11 is 0. The molecule has 0 aliphatic heterocycles. The van der Waals surface area contributed by atoms with Crippen molar-refractivity contribution in [2.75, 3.05) is 27.9 Å². The fourth-order valence-electron chi connectivity index (χ4n) is 1.74. The first kappa shape index (κ1) is 14.4. The maximum atomic E-state index is 11.0. The van der Waals surface area contributed by atoms with E-state index >= 15 is 0 Å². The second-order valence-corrected chi connectivity index (χ2v) is 3.90. The molecule has 0 aromatic heterocycles. The third kappa shape index (κ3) is 3.68. The van der Waals surface area contributed by atoms with Gasteiger partial charge in [-0.1, -0.05) is 0 Å². The van der Waals surface area contributed by atoms with Crippen molar-refractivity contribution in [3.8, 4) is 5.75 Å². The van der Waals surface area contributed by atoms with Gasteiger partial charge < -0.3 is 14.8 Å². The topological polar surface area (TPSA) is 73.6 Å². The number of nitro groups is 1. The summed E-state index contributed by atoms with van der Waals surface area (Å²) in [5.74, 6) is 0.614. The smallest absolute Gasteiger partial charge is 0.272 e. The van der Waals surface area contributed by atoms with Crippen molar-refractivity contribution in [3.05, 3.63) is 33.9 Å². The molecule has 100 valence electrons. The molecule has 1 aromatic rings. The molecule has 1 N–H and O–H groups in total. The molecular weight excluding hydrogens is 236 g/mol. The Labute approximate surface area is 106 Å². The summed E-state index contributed by atoms with van der Waals surface area (Å²) in [5, 5.41) is 14.0. The predicted molar refractivity (Wildman–Crippen MR) is 68.1 cm³/mol. The van der Waals surface area contributed by atoms with E-state index in [4.69, 9.17) is 9.47 Å². The minimum absolute atomic E-state index is 0.0285. The zero-order chi connectivity index (χ0) is 13.5. The Morgan fingerprint density at radius 3 is 2.67 bits per heavy atom. The highest BCUT2D eigenvalue weighted by Gasteiger charge is 2.18. The Bertz CT molecular complexity index is 409. The molecule has 1 aromatic carbocycles. The predicted octanol–water partition coefficient (Wildman–Crippen LogP) is 1.38. The van der Waals surface area contributed by atoms with Gasteiger partial charge in [-0.25, -0.2) is 0 Å². The maximum absolute atomic E-state index is 11.0. The van der Waals surface area contributed by atoms with Crippen LogP contribution in [0.5, 0.6) is 5.75 Å². The lowest BCUT2D eigenvalue weighted by atomic mass is 10.0. The average molecular weight is 254 g/mol. The van der Waals surface area contributed by atoms with E-state index in [9.17, 15) is 10.1 Å². The molecule has 1 atom stereocenters. The maximum Gasteiger partial charge on any atom is 0.272 e. The van der Waals surface area contributed by atoms with Gasteiger partial charge in [-0.15, -0.1) is 0 Å². The monoisotopic (exact) mass is 254 g/mol. The van der Waals surface area contributed by atoms with Gasteiger partial charge in [-0.3, -0.25) is 10.1 Å². The number of nitro benzene ring substituents is 1. The lowest BCUT2D eigenvalue weighted by Crippen LogP contribution is -2.32. The third-order valence-corrected chi connectivity index (χ3v) is 2.73. The molecule has 1 unspecified atom stereocenters. The van der Waals surface area contributed by atoms with Crippen molar-refractivity contribution < 1.29 is 14.4 Å². The Morgan fingerprint density at radius 2 is 2.17 bits per heavy atom. The molecule has 0 amide bonds.